The van der Waals surface area contributed by atoms with Gasteiger partial charge in [0.2, 0.25) is 0 Å². The standard InChI is InChI=1S/C20H21BN8O/c1-2-29-17(13-3-6-22-7-4-13)25-15-18(28-9-11-30-12-10-28)26-16(27-19(15)29)14-5-8-23-20(21)24-14/h3-8H,2,9-12,21H2,1H3. The molecule has 4 aromatic heterocycles. The lowest BCUT2D eigenvalue weighted by atomic mass is 10.1. The van der Waals surface area contributed by atoms with Crippen molar-refractivity contribution < 1.29 is 4.74 Å². The summed E-state index contributed by atoms with van der Waals surface area (Å²) in [5.74, 6) is 2.25. The van der Waals surface area contributed by atoms with Gasteiger partial charge in [-0.2, -0.15) is 0 Å². The third kappa shape index (κ3) is 3.28. The number of hydrogen-bond donors (Lipinski definition) is 0. The SMILES string of the molecule is Bc1nccc(-c2nc(N3CCOCC3)c3nc(-c4ccncc4)n(CC)c3n2)n1. The second-order valence-corrected chi connectivity index (χ2v) is 7.05. The van der Waals surface area contributed by atoms with Crippen LogP contribution in [0.15, 0.2) is 36.8 Å². The Kier molecular flexibility index (Phi) is 4.84. The summed E-state index contributed by atoms with van der Waals surface area (Å²) in [4.78, 5) is 29.8. The summed E-state index contributed by atoms with van der Waals surface area (Å²) in [6.45, 7) is 5.68. The maximum absolute atomic E-state index is 5.55. The van der Waals surface area contributed by atoms with Crippen molar-refractivity contribution in [1.29, 1.82) is 0 Å². The van der Waals surface area contributed by atoms with Crippen molar-refractivity contribution in [3.05, 3.63) is 36.8 Å². The Morgan fingerprint density at radius 1 is 1.00 bits per heavy atom. The van der Waals surface area contributed by atoms with Crippen LogP contribution >= 0.6 is 0 Å². The van der Waals surface area contributed by atoms with Crippen molar-refractivity contribution in [3.63, 3.8) is 0 Å². The molecular formula is C20H21BN8O. The van der Waals surface area contributed by atoms with Crippen molar-refractivity contribution in [3.8, 4) is 22.9 Å². The number of pyridine rings is 1. The van der Waals surface area contributed by atoms with Crippen LogP contribution in [0.25, 0.3) is 34.1 Å². The molecule has 0 atom stereocenters. The van der Waals surface area contributed by atoms with Gasteiger partial charge in [0, 0.05) is 43.8 Å². The van der Waals surface area contributed by atoms with E-state index < -0.39 is 0 Å². The van der Waals surface area contributed by atoms with Gasteiger partial charge in [-0.25, -0.2) is 19.9 Å². The molecule has 5 heterocycles. The minimum absolute atomic E-state index is 0.574. The number of imidazole rings is 1. The Balaban J connectivity index is 1.77. The molecule has 0 spiro atoms. The number of rotatable bonds is 4. The molecule has 4 aromatic rings. The molecule has 0 unspecified atom stereocenters. The third-order valence-corrected chi connectivity index (χ3v) is 5.15. The van der Waals surface area contributed by atoms with Crippen molar-refractivity contribution in [2.75, 3.05) is 31.2 Å². The summed E-state index contributed by atoms with van der Waals surface area (Å²) in [5, 5.41) is 0. The zero-order valence-corrected chi connectivity index (χ0v) is 17.0. The largest absolute Gasteiger partial charge is 0.378 e. The average molecular weight is 400 g/mol. The molecule has 0 radical (unpaired) electrons. The van der Waals surface area contributed by atoms with Crippen LogP contribution in [0.4, 0.5) is 5.82 Å². The highest BCUT2D eigenvalue weighted by molar-refractivity contribution is 6.29. The van der Waals surface area contributed by atoms with E-state index in [0.717, 1.165) is 48.0 Å². The number of aryl methyl sites for hydroxylation is 1. The van der Waals surface area contributed by atoms with Crippen molar-refractivity contribution in [2.45, 2.75) is 13.5 Å². The normalized spacial score (nSPS) is 14.4. The van der Waals surface area contributed by atoms with E-state index in [1.54, 1.807) is 18.6 Å². The van der Waals surface area contributed by atoms with Crippen LogP contribution in [-0.4, -0.2) is 68.6 Å². The Hall–Kier alpha value is -3.40. The van der Waals surface area contributed by atoms with Crippen LogP contribution in [0.3, 0.4) is 0 Å². The van der Waals surface area contributed by atoms with Crippen LogP contribution in [0.5, 0.6) is 0 Å². The van der Waals surface area contributed by atoms with Gasteiger partial charge in [-0.15, -0.1) is 0 Å². The van der Waals surface area contributed by atoms with E-state index in [1.165, 1.54) is 0 Å². The Labute approximate surface area is 174 Å². The monoisotopic (exact) mass is 400 g/mol. The molecule has 0 bridgehead atoms. The Morgan fingerprint density at radius 2 is 1.80 bits per heavy atom. The number of anilines is 1. The maximum Gasteiger partial charge on any atom is 0.189 e. The number of fused-ring (bicyclic) bond motifs is 1. The summed E-state index contributed by atoms with van der Waals surface area (Å²) in [5.41, 5.74) is 3.98. The van der Waals surface area contributed by atoms with Crippen LogP contribution in [0.1, 0.15) is 6.92 Å². The lowest BCUT2D eigenvalue weighted by Crippen LogP contribution is -2.37. The molecule has 30 heavy (non-hydrogen) atoms. The average Bonchev–Trinajstić information content (AvgIpc) is 3.18. The molecular weight excluding hydrogens is 379 g/mol. The van der Waals surface area contributed by atoms with E-state index in [1.807, 2.05) is 26.0 Å². The number of hydrogen-bond acceptors (Lipinski definition) is 8. The van der Waals surface area contributed by atoms with E-state index in [4.69, 9.17) is 19.7 Å². The molecule has 0 N–H and O–H groups in total. The van der Waals surface area contributed by atoms with E-state index in [9.17, 15) is 0 Å². The zero-order valence-electron chi connectivity index (χ0n) is 17.0. The fourth-order valence-electron chi connectivity index (χ4n) is 3.70. The van der Waals surface area contributed by atoms with Crippen LogP contribution < -0.4 is 10.6 Å². The zero-order chi connectivity index (χ0) is 20.5. The van der Waals surface area contributed by atoms with Crippen molar-refractivity contribution >= 4 is 30.6 Å². The predicted molar refractivity (Wildman–Crippen MR) is 116 cm³/mol. The van der Waals surface area contributed by atoms with Gasteiger partial charge in [0.15, 0.2) is 30.7 Å². The fraction of sp³-hybridized carbons (Fsp3) is 0.300. The molecule has 1 saturated heterocycles. The topological polar surface area (TPSA) is 94.7 Å². The molecule has 1 aliphatic heterocycles. The molecule has 5 rings (SSSR count). The Bertz CT molecular complexity index is 1190. The van der Waals surface area contributed by atoms with Crippen LogP contribution in [0, 0.1) is 0 Å². The van der Waals surface area contributed by atoms with Crippen LogP contribution in [0.2, 0.25) is 0 Å². The molecule has 10 heteroatoms. The summed E-state index contributed by atoms with van der Waals surface area (Å²) < 4.78 is 7.66. The van der Waals surface area contributed by atoms with E-state index >= 15 is 0 Å². The minimum atomic E-state index is 0.574. The molecule has 0 amide bonds. The van der Waals surface area contributed by atoms with E-state index in [0.29, 0.717) is 30.5 Å². The highest BCUT2D eigenvalue weighted by Crippen LogP contribution is 2.31. The summed E-state index contributed by atoms with van der Waals surface area (Å²) in [7, 11) is 1.86. The van der Waals surface area contributed by atoms with Gasteiger partial charge in [-0.05, 0) is 25.1 Å². The number of ether oxygens (including phenoxy) is 1. The molecule has 9 nitrogen and oxygen atoms in total. The molecule has 150 valence electrons. The molecule has 0 aliphatic carbocycles. The van der Waals surface area contributed by atoms with Gasteiger partial charge in [0.25, 0.3) is 0 Å². The van der Waals surface area contributed by atoms with Gasteiger partial charge in [-0.1, -0.05) is 0 Å². The first kappa shape index (κ1) is 18.6. The second-order valence-electron chi connectivity index (χ2n) is 7.05. The van der Waals surface area contributed by atoms with E-state index in [-0.39, 0.29) is 0 Å². The highest BCUT2D eigenvalue weighted by atomic mass is 16.5. The van der Waals surface area contributed by atoms with Gasteiger partial charge in [0.05, 0.1) is 18.9 Å². The van der Waals surface area contributed by atoms with Gasteiger partial charge >= 0.3 is 0 Å². The maximum atomic E-state index is 5.55. The second kappa shape index (κ2) is 7.79. The van der Waals surface area contributed by atoms with Gasteiger partial charge in [0.1, 0.15) is 11.5 Å². The first-order valence-corrected chi connectivity index (χ1v) is 10.1. The quantitative estimate of drug-likeness (QED) is 0.456. The Morgan fingerprint density at radius 3 is 2.53 bits per heavy atom. The summed E-state index contributed by atoms with van der Waals surface area (Å²) >= 11 is 0. The van der Waals surface area contributed by atoms with Gasteiger partial charge < -0.3 is 14.2 Å². The summed E-state index contributed by atoms with van der Waals surface area (Å²) in [6, 6.07) is 5.77. The molecule has 0 aromatic carbocycles. The van der Waals surface area contributed by atoms with Crippen LogP contribution in [-0.2, 0) is 11.3 Å². The molecule has 0 saturated carbocycles. The smallest absolute Gasteiger partial charge is 0.189 e. The lowest BCUT2D eigenvalue weighted by Gasteiger charge is -2.28. The van der Waals surface area contributed by atoms with Gasteiger partial charge in [-0.3, -0.25) is 9.97 Å². The molecule has 1 aliphatic rings. The number of nitrogens with zero attached hydrogens (tertiary/aromatic N) is 8. The van der Waals surface area contributed by atoms with Crippen molar-refractivity contribution in [2.24, 2.45) is 0 Å². The molecule has 1 fully saturated rings. The predicted octanol–water partition coefficient (Wildman–Crippen LogP) is 0.460. The van der Waals surface area contributed by atoms with Crippen molar-refractivity contribution in [1.82, 2.24) is 34.5 Å². The first-order valence-electron chi connectivity index (χ1n) is 10.1. The fourth-order valence-corrected chi connectivity index (χ4v) is 3.70. The number of morpholine rings is 1. The summed E-state index contributed by atoms with van der Waals surface area (Å²) in [6.07, 6.45) is 5.29. The minimum Gasteiger partial charge on any atom is -0.378 e. The third-order valence-electron chi connectivity index (χ3n) is 5.15. The lowest BCUT2D eigenvalue weighted by molar-refractivity contribution is 0.122. The van der Waals surface area contributed by atoms with E-state index in [2.05, 4.69) is 31.3 Å². The number of aromatic nitrogens is 7. The first-order chi connectivity index (χ1) is 14.7. The highest BCUT2D eigenvalue weighted by Gasteiger charge is 2.24.